The van der Waals surface area contributed by atoms with Gasteiger partial charge in [-0.3, -0.25) is 9.69 Å². The van der Waals surface area contributed by atoms with Crippen LogP contribution in [0.3, 0.4) is 0 Å². The van der Waals surface area contributed by atoms with Gasteiger partial charge in [0.25, 0.3) is 0 Å². The standard InChI is InChI=1S/C20H26F3N3O/c21-20(22,23)16-4-1-3-15(13-16)19(6-2-7-19)18(27)26-10-5-17(14-26)25-11-8-24-9-12-25/h1,3-4,13,17,24H,2,5-12,14H2. The highest BCUT2D eigenvalue weighted by Gasteiger charge is 2.49. The molecular formula is C20H26F3N3O. The molecule has 3 fully saturated rings. The zero-order valence-corrected chi connectivity index (χ0v) is 15.4. The van der Waals surface area contributed by atoms with E-state index in [9.17, 15) is 18.0 Å². The van der Waals surface area contributed by atoms with Crippen molar-refractivity contribution in [2.75, 3.05) is 39.3 Å². The molecule has 4 rings (SSSR count). The van der Waals surface area contributed by atoms with Crippen molar-refractivity contribution in [3.8, 4) is 0 Å². The third-order valence-electron chi connectivity index (χ3n) is 6.48. The summed E-state index contributed by atoms with van der Waals surface area (Å²) in [7, 11) is 0. The molecule has 4 nitrogen and oxygen atoms in total. The number of carbonyl (C=O) groups is 1. The summed E-state index contributed by atoms with van der Waals surface area (Å²) in [6, 6.07) is 5.75. The maximum atomic E-state index is 13.4. The van der Waals surface area contributed by atoms with Gasteiger partial charge in [0.15, 0.2) is 0 Å². The molecule has 3 aliphatic rings. The average molecular weight is 381 g/mol. The number of hydrogen-bond donors (Lipinski definition) is 1. The van der Waals surface area contributed by atoms with E-state index in [-0.39, 0.29) is 5.91 Å². The Kier molecular flexibility index (Phi) is 4.93. The Hall–Kier alpha value is -1.60. The van der Waals surface area contributed by atoms with Crippen LogP contribution in [0.5, 0.6) is 0 Å². The summed E-state index contributed by atoms with van der Waals surface area (Å²) in [4.78, 5) is 17.7. The van der Waals surface area contributed by atoms with E-state index in [1.54, 1.807) is 6.07 Å². The second-order valence-corrected chi connectivity index (χ2v) is 7.99. The van der Waals surface area contributed by atoms with E-state index in [0.29, 0.717) is 37.5 Å². The molecule has 2 aliphatic heterocycles. The normalized spacial score (nSPS) is 26.0. The Morgan fingerprint density at radius 3 is 2.52 bits per heavy atom. The van der Waals surface area contributed by atoms with Crippen molar-refractivity contribution in [3.05, 3.63) is 35.4 Å². The first-order valence-electron chi connectivity index (χ1n) is 9.82. The number of nitrogens with one attached hydrogen (secondary N) is 1. The number of likely N-dealkylation sites (tertiary alicyclic amines) is 1. The zero-order chi connectivity index (χ0) is 19.1. The first-order valence-corrected chi connectivity index (χ1v) is 9.82. The van der Waals surface area contributed by atoms with E-state index in [1.165, 1.54) is 12.1 Å². The number of piperazine rings is 1. The van der Waals surface area contributed by atoms with Gasteiger partial charge in [-0.2, -0.15) is 13.2 Å². The molecular weight excluding hydrogens is 355 g/mol. The largest absolute Gasteiger partial charge is 0.416 e. The number of benzene rings is 1. The molecule has 1 aliphatic carbocycles. The minimum atomic E-state index is -4.38. The summed E-state index contributed by atoms with van der Waals surface area (Å²) in [6.07, 6.45) is -1.27. The SMILES string of the molecule is O=C(N1CCC(N2CCNCC2)C1)C1(c2cccc(C(F)(F)F)c2)CCC1. The molecule has 2 saturated heterocycles. The minimum absolute atomic E-state index is 0.0192. The van der Waals surface area contributed by atoms with E-state index in [4.69, 9.17) is 0 Å². The second kappa shape index (κ2) is 7.09. The van der Waals surface area contributed by atoms with Gasteiger partial charge in [-0.1, -0.05) is 24.6 Å². The molecule has 0 radical (unpaired) electrons. The van der Waals surface area contributed by atoms with Gasteiger partial charge >= 0.3 is 6.18 Å². The molecule has 27 heavy (non-hydrogen) atoms. The molecule has 0 spiro atoms. The van der Waals surface area contributed by atoms with Crippen LogP contribution in [0.2, 0.25) is 0 Å². The third kappa shape index (κ3) is 3.47. The van der Waals surface area contributed by atoms with Gasteiger partial charge < -0.3 is 10.2 Å². The number of alkyl halides is 3. The Labute approximate surface area is 157 Å². The Bertz CT molecular complexity index is 696. The lowest BCUT2D eigenvalue weighted by molar-refractivity contribution is -0.141. The molecule has 1 aromatic carbocycles. The molecule has 1 N–H and O–H groups in total. The molecule has 1 aromatic rings. The highest BCUT2D eigenvalue weighted by Crippen LogP contribution is 2.47. The van der Waals surface area contributed by atoms with Crippen LogP contribution in [0.25, 0.3) is 0 Å². The van der Waals surface area contributed by atoms with Crippen LogP contribution in [-0.2, 0) is 16.4 Å². The first-order chi connectivity index (χ1) is 12.9. The monoisotopic (exact) mass is 381 g/mol. The predicted molar refractivity (Wildman–Crippen MR) is 96.4 cm³/mol. The lowest BCUT2D eigenvalue weighted by atomic mass is 9.63. The maximum Gasteiger partial charge on any atom is 0.416 e. The fourth-order valence-electron chi connectivity index (χ4n) is 4.72. The smallest absolute Gasteiger partial charge is 0.340 e. The number of carbonyl (C=O) groups excluding carboxylic acids is 1. The van der Waals surface area contributed by atoms with Gasteiger partial charge in [-0.05, 0) is 30.9 Å². The number of hydrogen-bond acceptors (Lipinski definition) is 3. The highest BCUT2D eigenvalue weighted by molar-refractivity contribution is 5.89. The second-order valence-electron chi connectivity index (χ2n) is 7.99. The topological polar surface area (TPSA) is 35.6 Å². The molecule has 1 amide bonds. The summed E-state index contributed by atoms with van der Waals surface area (Å²) >= 11 is 0. The van der Waals surface area contributed by atoms with E-state index in [1.807, 2.05) is 4.90 Å². The van der Waals surface area contributed by atoms with Crippen LogP contribution >= 0.6 is 0 Å². The van der Waals surface area contributed by atoms with Crippen LogP contribution in [-0.4, -0.2) is 61.0 Å². The maximum absolute atomic E-state index is 13.4. The molecule has 2 heterocycles. The van der Waals surface area contributed by atoms with Crippen LogP contribution in [0.15, 0.2) is 24.3 Å². The molecule has 1 saturated carbocycles. The summed E-state index contributed by atoms with van der Waals surface area (Å²) in [5.41, 5.74) is -0.905. The van der Waals surface area contributed by atoms with Crippen LogP contribution < -0.4 is 5.32 Å². The fraction of sp³-hybridized carbons (Fsp3) is 0.650. The summed E-state index contributed by atoms with van der Waals surface area (Å²) in [5.74, 6) is 0.0192. The number of nitrogens with zero attached hydrogens (tertiary/aromatic N) is 2. The molecule has 148 valence electrons. The van der Waals surface area contributed by atoms with E-state index >= 15 is 0 Å². The molecule has 1 atom stereocenters. The van der Waals surface area contributed by atoms with Crippen LogP contribution in [0.1, 0.15) is 36.8 Å². The Balaban J connectivity index is 1.52. The number of rotatable bonds is 3. The number of halogens is 3. The molecule has 7 heteroatoms. The lowest BCUT2D eigenvalue weighted by Gasteiger charge is -2.43. The quantitative estimate of drug-likeness (QED) is 0.874. The van der Waals surface area contributed by atoms with Gasteiger partial charge in [0.05, 0.1) is 11.0 Å². The van der Waals surface area contributed by atoms with Gasteiger partial charge in [-0.15, -0.1) is 0 Å². The number of amides is 1. The van der Waals surface area contributed by atoms with Gasteiger partial charge in [0, 0.05) is 45.3 Å². The van der Waals surface area contributed by atoms with Crippen molar-refractivity contribution in [2.24, 2.45) is 0 Å². The Morgan fingerprint density at radius 1 is 1.15 bits per heavy atom. The van der Waals surface area contributed by atoms with Gasteiger partial charge in [-0.25, -0.2) is 0 Å². The van der Waals surface area contributed by atoms with E-state index in [2.05, 4.69) is 10.2 Å². The van der Waals surface area contributed by atoms with Crippen molar-refractivity contribution >= 4 is 5.91 Å². The average Bonchev–Trinajstić information content (AvgIpc) is 3.11. The molecule has 0 aromatic heterocycles. The summed E-state index contributed by atoms with van der Waals surface area (Å²) in [5, 5.41) is 3.34. The van der Waals surface area contributed by atoms with Crippen molar-refractivity contribution in [3.63, 3.8) is 0 Å². The first kappa shape index (κ1) is 18.7. The zero-order valence-electron chi connectivity index (χ0n) is 15.4. The minimum Gasteiger partial charge on any atom is -0.340 e. The van der Waals surface area contributed by atoms with Crippen molar-refractivity contribution < 1.29 is 18.0 Å². The van der Waals surface area contributed by atoms with Crippen LogP contribution in [0, 0.1) is 0 Å². The van der Waals surface area contributed by atoms with E-state index in [0.717, 1.165) is 45.1 Å². The summed E-state index contributed by atoms with van der Waals surface area (Å²) in [6.45, 7) is 5.32. The van der Waals surface area contributed by atoms with Crippen LogP contribution in [0.4, 0.5) is 13.2 Å². The Morgan fingerprint density at radius 2 is 1.89 bits per heavy atom. The van der Waals surface area contributed by atoms with Crippen molar-refractivity contribution in [2.45, 2.75) is 43.3 Å². The highest BCUT2D eigenvalue weighted by atomic mass is 19.4. The fourth-order valence-corrected chi connectivity index (χ4v) is 4.72. The molecule has 1 unspecified atom stereocenters. The van der Waals surface area contributed by atoms with Gasteiger partial charge in [0.2, 0.25) is 5.91 Å². The lowest BCUT2D eigenvalue weighted by Crippen LogP contribution is -2.52. The third-order valence-corrected chi connectivity index (χ3v) is 6.48. The summed E-state index contributed by atoms with van der Waals surface area (Å²) < 4.78 is 39.4. The van der Waals surface area contributed by atoms with Crippen molar-refractivity contribution in [1.82, 2.24) is 15.1 Å². The molecule has 0 bridgehead atoms. The predicted octanol–water partition coefficient (Wildman–Crippen LogP) is 2.63. The van der Waals surface area contributed by atoms with Gasteiger partial charge in [0.1, 0.15) is 0 Å². The van der Waals surface area contributed by atoms with E-state index < -0.39 is 17.2 Å². The van der Waals surface area contributed by atoms with Crippen molar-refractivity contribution in [1.29, 1.82) is 0 Å².